The maximum atomic E-state index is 12.0. The van der Waals surface area contributed by atoms with E-state index in [1.54, 1.807) is 0 Å². The van der Waals surface area contributed by atoms with Gasteiger partial charge >= 0.3 is 6.09 Å². The fourth-order valence-corrected chi connectivity index (χ4v) is 2.16. The zero-order valence-corrected chi connectivity index (χ0v) is 10.5. The van der Waals surface area contributed by atoms with Gasteiger partial charge in [0.2, 0.25) is 0 Å². The van der Waals surface area contributed by atoms with Gasteiger partial charge in [-0.05, 0) is 18.4 Å². The van der Waals surface area contributed by atoms with Crippen LogP contribution in [0.25, 0.3) is 0 Å². The van der Waals surface area contributed by atoms with E-state index in [-0.39, 0.29) is 18.5 Å². The van der Waals surface area contributed by atoms with Gasteiger partial charge < -0.3 is 15.7 Å². The summed E-state index contributed by atoms with van der Waals surface area (Å²) in [5, 5.41) is 11.7. The number of carbonyl (C=O) groups is 1. The standard InChI is InChI=1S/C13H17N3O3/c14-12(15-18)11-7-4-8-16(11)13(17)19-9-10-5-2-1-3-6-10/h1-3,5-6,11,18H,4,7-9H2,(H2,14,15)/t11-/m0/s1. The molecule has 6 heteroatoms. The molecule has 0 aliphatic carbocycles. The highest BCUT2D eigenvalue weighted by atomic mass is 16.6. The third-order valence-electron chi connectivity index (χ3n) is 3.15. The zero-order chi connectivity index (χ0) is 13.7. The average Bonchev–Trinajstić information content (AvgIpc) is 2.94. The van der Waals surface area contributed by atoms with Crippen LogP contribution in [-0.2, 0) is 11.3 Å². The predicted octanol–water partition coefficient (Wildman–Crippen LogP) is 1.53. The summed E-state index contributed by atoms with van der Waals surface area (Å²) >= 11 is 0. The Kier molecular flexibility index (Phi) is 4.22. The fraction of sp³-hybridized carbons (Fsp3) is 0.385. The Balaban J connectivity index is 1.92. The van der Waals surface area contributed by atoms with Crippen LogP contribution in [0.5, 0.6) is 0 Å². The molecule has 0 radical (unpaired) electrons. The van der Waals surface area contributed by atoms with E-state index in [2.05, 4.69) is 5.16 Å². The van der Waals surface area contributed by atoms with E-state index in [0.717, 1.165) is 12.0 Å². The van der Waals surface area contributed by atoms with Crippen LogP contribution in [0.4, 0.5) is 4.79 Å². The lowest BCUT2D eigenvalue weighted by Crippen LogP contribution is -2.44. The molecule has 1 aliphatic rings. The molecule has 1 aromatic rings. The Morgan fingerprint density at radius 3 is 2.89 bits per heavy atom. The molecule has 6 nitrogen and oxygen atoms in total. The molecule has 1 saturated heterocycles. The number of ether oxygens (including phenoxy) is 1. The molecule has 1 fully saturated rings. The van der Waals surface area contributed by atoms with Gasteiger partial charge in [0, 0.05) is 6.54 Å². The van der Waals surface area contributed by atoms with Gasteiger partial charge in [-0.2, -0.15) is 0 Å². The molecule has 1 aliphatic heterocycles. The monoisotopic (exact) mass is 263 g/mol. The maximum Gasteiger partial charge on any atom is 0.410 e. The number of benzene rings is 1. The second-order valence-electron chi connectivity index (χ2n) is 4.42. The van der Waals surface area contributed by atoms with Crippen LogP contribution in [0.2, 0.25) is 0 Å². The molecule has 0 unspecified atom stereocenters. The van der Waals surface area contributed by atoms with Gasteiger partial charge in [-0.15, -0.1) is 0 Å². The maximum absolute atomic E-state index is 12.0. The normalized spacial score (nSPS) is 19.5. The highest BCUT2D eigenvalue weighted by molar-refractivity contribution is 5.88. The largest absolute Gasteiger partial charge is 0.445 e. The highest BCUT2D eigenvalue weighted by Crippen LogP contribution is 2.18. The van der Waals surface area contributed by atoms with E-state index >= 15 is 0 Å². The van der Waals surface area contributed by atoms with E-state index < -0.39 is 6.09 Å². The van der Waals surface area contributed by atoms with E-state index in [0.29, 0.717) is 13.0 Å². The number of hydrogen-bond acceptors (Lipinski definition) is 4. The van der Waals surface area contributed by atoms with Crippen molar-refractivity contribution in [2.45, 2.75) is 25.5 Å². The Morgan fingerprint density at radius 1 is 1.47 bits per heavy atom. The molecular weight excluding hydrogens is 246 g/mol. The average molecular weight is 263 g/mol. The second kappa shape index (κ2) is 6.08. The highest BCUT2D eigenvalue weighted by Gasteiger charge is 2.32. The summed E-state index contributed by atoms with van der Waals surface area (Å²) in [7, 11) is 0. The smallest absolute Gasteiger partial charge is 0.410 e. The summed E-state index contributed by atoms with van der Waals surface area (Å²) in [6.07, 6.45) is 1.08. The lowest BCUT2D eigenvalue weighted by Gasteiger charge is -2.22. The number of amides is 1. The lowest BCUT2D eigenvalue weighted by atomic mass is 10.2. The van der Waals surface area contributed by atoms with Crippen LogP contribution in [0.3, 0.4) is 0 Å². The van der Waals surface area contributed by atoms with Gasteiger partial charge in [0.25, 0.3) is 0 Å². The number of carbonyl (C=O) groups excluding carboxylic acids is 1. The summed E-state index contributed by atoms with van der Waals surface area (Å²) in [5.41, 5.74) is 6.49. The number of amidine groups is 1. The van der Waals surface area contributed by atoms with E-state index in [4.69, 9.17) is 15.7 Å². The molecule has 2 rings (SSSR count). The minimum atomic E-state index is -0.432. The van der Waals surface area contributed by atoms with Crippen LogP contribution in [0.15, 0.2) is 35.5 Å². The quantitative estimate of drug-likeness (QED) is 0.374. The van der Waals surface area contributed by atoms with Crippen molar-refractivity contribution < 1.29 is 14.7 Å². The van der Waals surface area contributed by atoms with Crippen LogP contribution in [0, 0.1) is 0 Å². The first-order valence-electron chi connectivity index (χ1n) is 6.17. The summed E-state index contributed by atoms with van der Waals surface area (Å²) in [6.45, 7) is 0.785. The van der Waals surface area contributed by atoms with Crippen molar-refractivity contribution in [2.75, 3.05) is 6.54 Å². The molecule has 0 bridgehead atoms. The SMILES string of the molecule is NC(=NO)[C@@H]1CCCN1C(=O)OCc1ccccc1. The van der Waals surface area contributed by atoms with E-state index in [9.17, 15) is 4.79 Å². The molecule has 1 heterocycles. The minimum Gasteiger partial charge on any atom is -0.445 e. The molecule has 19 heavy (non-hydrogen) atoms. The summed E-state index contributed by atoms with van der Waals surface area (Å²) in [6, 6.07) is 9.08. The topological polar surface area (TPSA) is 88.2 Å². The number of likely N-dealkylation sites (tertiary alicyclic amines) is 1. The molecule has 0 aromatic heterocycles. The van der Waals surface area contributed by atoms with Crippen molar-refractivity contribution in [3.8, 4) is 0 Å². The van der Waals surface area contributed by atoms with Crippen LogP contribution < -0.4 is 5.73 Å². The molecule has 1 amide bonds. The molecular formula is C13H17N3O3. The fourth-order valence-electron chi connectivity index (χ4n) is 2.16. The van der Waals surface area contributed by atoms with Gasteiger partial charge in [0.15, 0.2) is 5.84 Å². The van der Waals surface area contributed by atoms with Crippen molar-refractivity contribution in [3.63, 3.8) is 0 Å². The van der Waals surface area contributed by atoms with Crippen LogP contribution in [0.1, 0.15) is 18.4 Å². The van der Waals surface area contributed by atoms with Crippen molar-refractivity contribution in [2.24, 2.45) is 10.9 Å². The number of rotatable bonds is 3. The first kappa shape index (κ1) is 13.2. The first-order chi connectivity index (χ1) is 9.22. The Labute approximate surface area is 111 Å². The number of nitrogens with two attached hydrogens (primary N) is 1. The minimum absolute atomic E-state index is 0.0501. The van der Waals surface area contributed by atoms with E-state index in [1.165, 1.54) is 4.90 Å². The van der Waals surface area contributed by atoms with Gasteiger partial charge in [0.05, 0.1) is 6.04 Å². The first-order valence-corrected chi connectivity index (χ1v) is 6.17. The van der Waals surface area contributed by atoms with E-state index in [1.807, 2.05) is 30.3 Å². The summed E-state index contributed by atoms with van der Waals surface area (Å²) in [5.74, 6) is 0.0501. The van der Waals surface area contributed by atoms with Gasteiger partial charge in [-0.25, -0.2) is 4.79 Å². The van der Waals surface area contributed by atoms with Crippen molar-refractivity contribution in [1.29, 1.82) is 0 Å². The van der Waals surface area contributed by atoms with Crippen molar-refractivity contribution in [3.05, 3.63) is 35.9 Å². The van der Waals surface area contributed by atoms with Gasteiger partial charge in [-0.1, -0.05) is 35.5 Å². The molecule has 102 valence electrons. The third kappa shape index (κ3) is 3.15. The number of hydrogen-bond donors (Lipinski definition) is 2. The predicted molar refractivity (Wildman–Crippen MR) is 69.8 cm³/mol. The summed E-state index contributed by atoms with van der Waals surface area (Å²) in [4.78, 5) is 13.5. The zero-order valence-electron chi connectivity index (χ0n) is 10.5. The number of nitrogens with zero attached hydrogens (tertiary/aromatic N) is 2. The van der Waals surface area contributed by atoms with Crippen LogP contribution in [-0.4, -0.2) is 34.6 Å². The van der Waals surface area contributed by atoms with Crippen molar-refractivity contribution in [1.82, 2.24) is 4.90 Å². The Bertz CT molecular complexity index is 461. The van der Waals surface area contributed by atoms with Crippen LogP contribution >= 0.6 is 0 Å². The van der Waals surface area contributed by atoms with Gasteiger partial charge in [-0.3, -0.25) is 4.90 Å². The lowest BCUT2D eigenvalue weighted by molar-refractivity contribution is 0.0988. The number of oxime groups is 1. The Morgan fingerprint density at radius 2 is 2.21 bits per heavy atom. The Hall–Kier alpha value is -2.24. The molecule has 1 aromatic carbocycles. The second-order valence-corrected chi connectivity index (χ2v) is 4.42. The summed E-state index contributed by atoms with van der Waals surface area (Å²) < 4.78 is 5.23. The van der Waals surface area contributed by atoms with Gasteiger partial charge in [0.1, 0.15) is 6.61 Å². The third-order valence-corrected chi connectivity index (χ3v) is 3.15. The van der Waals surface area contributed by atoms with Crippen molar-refractivity contribution >= 4 is 11.9 Å². The molecule has 0 spiro atoms. The molecule has 0 saturated carbocycles. The molecule has 3 N–H and O–H groups in total. The molecule has 1 atom stereocenters.